The van der Waals surface area contributed by atoms with Gasteiger partial charge < -0.3 is 33.2 Å². The predicted octanol–water partition coefficient (Wildman–Crippen LogP) is 11.0. The van der Waals surface area contributed by atoms with Crippen LogP contribution in [0.1, 0.15) is 142 Å². The quantitative estimate of drug-likeness (QED) is 0.0536. The van der Waals surface area contributed by atoms with Gasteiger partial charge in [0.2, 0.25) is 0 Å². The van der Waals surface area contributed by atoms with Crippen molar-refractivity contribution in [2.24, 2.45) is 0 Å². The zero-order chi connectivity index (χ0) is 35.1. The molecule has 0 aromatic heterocycles. The molecular formula is C42H70O7. The van der Waals surface area contributed by atoms with Crippen molar-refractivity contribution < 1.29 is 33.2 Å². The third-order valence-electron chi connectivity index (χ3n) is 8.68. The van der Waals surface area contributed by atoms with Gasteiger partial charge in [0.15, 0.2) is 11.6 Å². The summed E-state index contributed by atoms with van der Waals surface area (Å²) in [6.07, 6.45) is 16.4. The molecule has 0 atom stereocenters. The van der Waals surface area contributed by atoms with Gasteiger partial charge in [-0.2, -0.15) is 0 Å². The highest BCUT2D eigenvalue weighted by atomic mass is 16.7. The van der Waals surface area contributed by atoms with Crippen LogP contribution in [0.4, 0.5) is 0 Å². The first-order valence-corrected chi connectivity index (χ1v) is 19.6. The smallest absolute Gasteiger partial charge is 0.194 e. The van der Waals surface area contributed by atoms with Gasteiger partial charge in [-0.1, -0.05) is 140 Å². The number of hydrogen-bond donors (Lipinski definition) is 0. The summed E-state index contributed by atoms with van der Waals surface area (Å²) in [4.78, 5) is 0. The summed E-state index contributed by atoms with van der Waals surface area (Å²) in [6.45, 7) is 13.0. The van der Waals surface area contributed by atoms with E-state index < -0.39 is 11.6 Å². The van der Waals surface area contributed by atoms with Gasteiger partial charge in [-0.3, -0.25) is 0 Å². The largest absolute Gasteiger partial charge is 0.355 e. The van der Waals surface area contributed by atoms with Gasteiger partial charge in [-0.15, -0.1) is 0 Å². The first kappa shape index (κ1) is 43.3. The van der Waals surface area contributed by atoms with Gasteiger partial charge in [0.25, 0.3) is 0 Å². The maximum absolute atomic E-state index is 6.55. The molecule has 0 saturated carbocycles. The highest BCUT2D eigenvalue weighted by Crippen LogP contribution is 2.35. The molecule has 0 aliphatic carbocycles. The van der Waals surface area contributed by atoms with Gasteiger partial charge in [0.05, 0.1) is 26.4 Å². The standard InChI is InChI=1S/C42H70O7/c1-5-9-19-33-46-41(47-34-20-10-6-2,39-25-15-13-16-26-39)29-23-31-43-37-45-38-44-32-24-30-42(48-35-21-11-7-3,49-36-22-12-8-4)40-27-17-14-18-28-40/h13-18,25-28H,5-12,19-24,29-38H2,1-4H3. The molecule has 0 spiro atoms. The van der Waals surface area contributed by atoms with Crippen LogP contribution in [-0.4, -0.2) is 53.2 Å². The Hall–Kier alpha value is -1.84. The summed E-state index contributed by atoms with van der Waals surface area (Å²) in [5.41, 5.74) is 2.14. The van der Waals surface area contributed by atoms with Crippen molar-refractivity contribution in [2.75, 3.05) is 53.2 Å². The second-order valence-corrected chi connectivity index (χ2v) is 12.9. The highest BCUT2D eigenvalue weighted by molar-refractivity contribution is 5.21. The van der Waals surface area contributed by atoms with Gasteiger partial charge in [-0.05, 0) is 38.5 Å². The average Bonchev–Trinajstić information content (AvgIpc) is 3.14. The zero-order valence-corrected chi connectivity index (χ0v) is 31.6. The van der Waals surface area contributed by atoms with E-state index in [2.05, 4.69) is 76.2 Å². The Kier molecular flexibility index (Phi) is 25.5. The van der Waals surface area contributed by atoms with Crippen LogP contribution in [-0.2, 0) is 44.7 Å². The number of rotatable bonds is 34. The van der Waals surface area contributed by atoms with E-state index in [1.165, 1.54) is 0 Å². The van der Waals surface area contributed by atoms with Crippen LogP contribution in [0, 0.1) is 0 Å². The second-order valence-electron chi connectivity index (χ2n) is 12.9. The summed E-state index contributed by atoms with van der Waals surface area (Å²) in [7, 11) is 0. The lowest BCUT2D eigenvalue weighted by atomic mass is 10.00. The fourth-order valence-electron chi connectivity index (χ4n) is 5.82. The molecule has 7 nitrogen and oxygen atoms in total. The fraction of sp³-hybridized carbons (Fsp3) is 0.714. The minimum atomic E-state index is -0.759. The molecule has 49 heavy (non-hydrogen) atoms. The van der Waals surface area contributed by atoms with Crippen molar-refractivity contribution in [1.29, 1.82) is 0 Å². The Morgan fingerprint density at radius 1 is 0.367 bits per heavy atom. The number of unbranched alkanes of at least 4 members (excludes halogenated alkanes) is 8. The SMILES string of the molecule is CCCCCOC(CCCOCOCOCCCC(OCCCCC)(OCCCCC)c1ccccc1)(OCCCCC)c1ccccc1. The summed E-state index contributed by atoms with van der Waals surface area (Å²) >= 11 is 0. The van der Waals surface area contributed by atoms with E-state index in [1.54, 1.807) is 0 Å². The van der Waals surface area contributed by atoms with E-state index in [-0.39, 0.29) is 13.6 Å². The van der Waals surface area contributed by atoms with Crippen molar-refractivity contribution in [3.63, 3.8) is 0 Å². The van der Waals surface area contributed by atoms with E-state index in [0.717, 1.165) is 114 Å². The van der Waals surface area contributed by atoms with Crippen LogP contribution in [0.25, 0.3) is 0 Å². The van der Waals surface area contributed by atoms with E-state index in [9.17, 15) is 0 Å². The van der Waals surface area contributed by atoms with Crippen LogP contribution in [0.15, 0.2) is 60.7 Å². The summed E-state index contributed by atoms with van der Waals surface area (Å²) in [5, 5.41) is 0. The molecule has 7 heteroatoms. The molecule has 280 valence electrons. The van der Waals surface area contributed by atoms with Gasteiger partial charge >= 0.3 is 0 Å². The molecule has 0 heterocycles. The molecule has 2 aromatic carbocycles. The molecule has 2 aromatic rings. The first-order valence-electron chi connectivity index (χ1n) is 19.6. The predicted molar refractivity (Wildman–Crippen MR) is 199 cm³/mol. The molecule has 2 rings (SSSR count). The Labute approximate surface area is 299 Å². The van der Waals surface area contributed by atoms with Gasteiger partial charge in [0.1, 0.15) is 13.6 Å². The van der Waals surface area contributed by atoms with Crippen LogP contribution < -0.4 is 0 Å². The normalized spacial score (nSPS) is 12.2. The van der Waals surface area contributed by atoms with Gasteiger partial charge in [-0.25, -0.2) is 0 Å². The molecule has 0 unspecified atom stereocenters. The lowest BCUT2D eigenvalue weighted by molar-refractivity contribution is -0.255. The Morgan fingerprint density at radius 3 is 1.00 bits per heavy atom. The molecule has 0 amide bonds. The van der Waals surface area contributed by atoms with Crippen molar-refractivity contribution >= 4 is 0 Å². The fourth-order valence-corrected chi connectivity index (χ4v) is 5.82. The van der Waals surface area contributed by atoms with Crippen molar-refractivity contribution in [1.82, 2.24) is 0 Å². The van der Waals surface area contributed by atoms with E-state index in [4.69, 9.17) is 33.2 Å². The van der Waals surface area contributed by atoms with Crippen LogP contribution in [0.2, 0.25) is 0 Å². The average molecular weight is 687 g/mol. The maximum Gasteiger partial charge on any atom is 0.194 e. The zero-order valence-electron chi connectivity index (χ0n) is 31.6. The Bertz CT molecular complexity index is 884. The third kappa shape index (κ3) is 18.3. The lowest BCUT2D eigenvalue weighted by Crippen LogP contribution is -2.35. The topological polar surface area (TPSA) is 64.6 Å². The van der Waals surface area contributed by atoms with E-state index in [0.29, 0.717) is 39.6 Å². The van der Waals surface area contributed by atoms with Gasteiger partial charge in [0, 0.05) is 37.2 Å². The van der Waals surface area contributed by atoms with E-state index in [1.807, 2.05) is 12.1 Å². The molecule has 0 radical (unpaired) electrons. The summed E-state index contributed by atoms with van der Waals surface area (Å²) in [5.74, 6) is -1.52. The number of hydrogen-bond acceptors (Lipinski definition) is 7. The first-order chi connectivity index (χ1) is 24.2. The molecule has 0 aliphatic heterocycles. The van der Waals surface area contributed by atoms with E-state index >= 15 is 0 Å². The van der Waals surface area contributed by atoms with Crippen molar-refractivity contribution in [3.05, 3.63) is 71.8 Å². The van der Waals surface area contributed by atoms with Crippen LogP contribution in [0.3, 0.4) is 0 Å². The molecule has 0 N–H and O–H groups in total. The van der Waals surface area contributed by atoms with Crippen molar-refractivity contribution in [3.8, 4) is 0 Å². The molecular weight excluding hydrogens is 616 g/mol. The van der Waals surface area contributed by atoms with Crippen LogP contribution in [0.5, 0.6) is 0 Å². The molecule has 0 aliphatic rings. The highest BCUT2D eigenvalue weighted by Gasteiger charge is 2.35. The Morgan fingerprint density at radius 2 is 0.694 bits per heavy atom. The monoisotopic (exact) mass is 687 g/mol. The summed E-state index contributed by atoms with van der Waals surface area (Å²) < 4.78 is 43.6. The van der Waals surface area contributed by atoms with Crippen LogP contribution >= 0.6 is 0 Å². The summed E-state index contributed by atoms with van der Waals surface area (Å²) in [6, 6.07) is 20.8. The lowest BCUT2D eigenvalue weighted by Gasteiger charge is -2.35. The Balaban J connectivity index is 1.81. The molecule has 0 fully saturated rings. The minimum Gasteiger partial charge on any atom is -0.355 e. The number of ether oxygens (including phenoxy) is 7. The molecule has 0 bridgehead atoms. The van der Waals surface area contributed by atoms with Crippen molar-refractivity contribution in [2.45, 2.75) is 142 Å². The maximum atomic E-state index is 6.55. The molecule has 0 saturated heterocycles. The second kappa shape index (κ2) is 28.8. The minimum absolute atomic E-state index is 0.183. The third-order valence-corrected chi connectivity index (χ3v) is 8.68. The number of benzene rings is 2.